The molecule has 178 valence electrons. The van der Waals surface area contributed by atoms with E-state index >= 15 is 0 Å². The second-order valence-corrected chi connectivity index (χ2v) is 11.1. The summed E-state index contributed by atoms with van der Waals surface area (Å²) in [7, 11) is 0. The predicted molar refractivity (Wildman–Crippen MR) is 131 cm³/mol. The van der Waals surface area contributed by atoms with Gasteiger partial charge in [0.05, 0.1) is 5.69 Å². The maximum Gasteiger partial charge on any atom is 0.265 e. The highest BCUT2D eigenvalue weighted by molar-refractivity contribution is 7.17. The molecule has 2 fully saturated rings. The van der Waals surface area contributed by atoms with Crippen molar-refractivity contribution >= 4 is 17.2 Å². The van der Waals surface area contributed by atoms with Crippen molar-refractivity contribution in [3.63, 3.8) is 0 Å². The van der Waals surface area contributed by atoms with Crippen LogP contribution in [0.1, 0.15) is 60.2 Å². The minimum absolute atomic E-state index is 0.0234. The molecule has 2 N–H and O–H groups in total. The van der Waals surface area contributed by atoms with E-state index in [1.807, 2.05) is 31.7 Å². The number of carbonyl (C=O) groups excluding carboxylic acids is 1. The van der Waals surface area contributed by atoms with Crippen molar-refractivity contribution in [3.05, 3.63) is 52.4 Å². The first-order valence-electron chi connectivity index (χ1n) is 11.6. The molecule has 1 aliphatic carbocycles. The number of carbonyl (C=O) groups is 1. The number of piperidine rings is 1. The smallest absolute Gasteiger partial charge is 0.265 e. The quantitative estimate of drug-likeness (QED) is 0.575. The summed E-state index contributed by atoms with van der Waals surface area (Å²) in [4.78, 5) is 33.5. The normalized spacial score (nSPS) is 21.6. The number of hydrogen-bond donors (Lipinski definition) is 1. The lowest BCUT2D eigenvalue weighted by Crippen LogP contribution is -2.33. The summed E-state index contributed by atoms with van der Waals surface area (Å²) in [5, 5.41) is 0.668. The van der Waals surface area contributed by atoms with Crippen molar-refractivity contribution in [1.29, 1.82) is 0 Å². The lowest BCUT2D eigenvalue weighted by molar-refractivity contribution is 0.0755. The van der Waals surface area contributed by atoms with Gasteiger partial charge in [0.2, 0.25) is 5.88 Å². The molecule has 0 radical (unpaired) electrons. The van der Waals surface area contributed by atoms with Gasteiger partial charge in [-0.25, -0.2) is 19.9 Å². The predicted octanol–water partition coefficient (Wildman–Crippen LogP) is 3.77. The number of nitrogens with two attached hydrogens (primary N) is 1. The molecule has 1 saturated carbocycles. The van der Waals surface area contributed by atoms with Crippen molar-refractivity contribution < 1.29 is 9.53 Å². The summed E-state index contributed by atoms with van der Waals surface area (Å²) < 4.78 is 6.31. The van der Waals surface area contributed by atoms with Gasteiger partial charge in [-0.1, -0.05) is 13.8 Å². The van der Waals surface area contributed by atoms with Gasteiger partial charge < -0.3 is 15.4 Å². The molecule has 3 atom stereocenters. The molecule has 3 aromatic rings. The molecular weight excluding hydrogens is 448 g/mol. The fraction of sp³-hybridized carbons (Fsp3) is 0.480. The van der Waals surface area contributed by atoms with E-state index in [9.17, 15) is 4.79 Å². The maximum atomic E-state index is 13.2. The van der Waals surface area contributed by atoms with E-state index in [2.05, 4.69) is 34.9 Å². The van der Waals surface area contributed by atoms with Gasteiger partial charge in [-0.05, 0) is 44.4 Å². The number of ether oxygens (including phenoxy) is 1. The highest BCUT2D eigenvalue weighted by atomic mass is 32.1. The Morgan fingerprint density at radius 2 is 1.85 bits per heavy atom. The summed E-state index contributed by atoms with van der Waals surface area (Å²) in [6, 6.07) is 5.78. The third kappa shape index (κ3) is 4.30. The molecule has 4 heterocycles. The van der Waals surface area contributed by atoms with Crippen LogP contribution in [0.4, 0.5) is 0 Å². The van der Waals surface area contributed by atoms with Crippen LogP contribution in [-0.2, 0) is 5.54 Å². The van der Waals surface area contributed by atoms with E-state index < -0.39 is 5.54 Å². The van der Waals surface area contributed by atoms with Crippen molar-refractivity contribution in [2.75, 3.05) is 13.1 Å². The second-order valence-electron chi connectivity index (χ2n) is 10.1. The Kier molecular flexibility index (Phi) is 5.64. The lowest BCUT2D eigenvalue weighted by atomic mass is 9.94. The third-order valence-electron chi connectivity index (χ3n) is 6.56. The molecule has 0 bridgehead atoms. The Morgan fingerprint density at radius 3 is 2.47 bits per heavy atom. The van der Waals surface area contributed by atoms with E-state index in [4.69, 9.17) is 15.5 Å². The molecule has 5 rings (SSSR count). The molecule has 2 aliphatic rings. The number of nitrogens with zero attached hydrogens (tertiary/aromatic N) is 5. The van der Waals surface area contributed by atoms with Gasteiger partial charge in [0.1, 0.15) is 11.0 Å². The van der Waals surface area contributed by atoms with Crippen LogP contribution < -0.4 is 10.5 Å². The molecule has 8 nitrogen and oxygen atoms in total. The highest BCUT2D eigenvalue weighted by Crippen LogP contribution is 2.48. The average molecular weight is 479 g/mol. The van der Waals surface area contributed by atoms with Crippen LogP contribution in [0.3, 0.4) is 0 Å². The Balaban J connectivity index is 1.26. The second kappa shape index (κ2) is 8.39. The Morgan fingerprint density at radius 1 is 1.18 bits per heavy atom. The molecular formula is C25H30N6O2S. The first-order valence-corrected chi connectivity index (χ1v) is 12.5. The molecule has 3 aromatic heterocycles. The van der Waals surface area contributed by atoms with Crippen LogP contribution in [0.25, 0.3) is 10.8 Å². The first-order chi connectivity index (χ1) is 16.1. The zero-order chi connectivity index (χ0) is 24.2. The Bertz CT molecular complexity index is 1210. The van der Waals surface area contributed by atoms with Crippen LogP contribution in [0.2, 0.25) is 0 Å². The van der Waals surface area contributed by atoms with Gasteiger partial charge in [0, 0.05) is 54.6 Å². The molecule has 0 unspecified atom stereocenters. The third-order valence-corrected chi connectivity index (χ3v) is 7.71. The molecule has 1 saturated heterocycles. The SMILES string of the molecule is Cc1nc(-c2ncccn2)sc1C(=O)N1C[C@@H]2[C@H](C1)[C@H]2Oc1cc(C(C)(C)N)cc(C(C)C)n1. The van der Waals surface area contributed by atoms with E-state index in [0.29, 0.717) is 46.5 Å². The van der Waals surface area contributed by atoms with Crippen LogP contribution in [0, 0.1) is 18.8 Å². The van der Waals surface area contributed by atoms with E-state index in [-0.39, 0.29) is 17.9 Å². The number of hydrogen-bond acceptors (Lipinski definition) is 8. The van der Waals surface area contributed by atoms with Crippen LogP contribution >= 0.6 is 11.3 Å². The minimum atomic E-state index is -0.469. The molecule has 34 heavy (non-hydrogen) atoms. The number of rotatable bonds is 6. The molecule has 0 aromatic carbocycles. The first kappa shape index (κ1) is 22.9. The van der Waals surface area contributed by atoms with Crippen LogP contribution in [-0.4, -0.2) is 49.9 Å². The standard InChI is InChI=1S/C25H30N6O2S/c1-13(2)18-9-15(25(4,5)26)10-19(30-18)33-20-16-11-31(12-17(16)20)24(32)21-14(3)29-23(34-21)22-27-7-6-8-28-22/h6-10,13,16-17,20H,11-12,26H2,1-5H3/t16-,17+,20+. The molecule has 1 aliphatic heterocycles. The summed E-state index contributed by atoms with van der Waals surface area (Å²) in [6.07, 6.45) is 3.44. The van der Waals surface area contributed by atoms with Gasteiger partial charge in [-0.3, -0.25) is 4.79 Å². The number of aromatic nitrogens is 4. The van der Waals surface area contributed by atoms with Gasteiger partial charge in [-0.2, -0.15) is 0 Å². The highest BCUT2D eigenvalue weighted by Gasteiger charge is 2.59. The Labute approximate surface area is 203 Å². The average Bonchev–Trinajstić information content (AvgIpc) is 3.14. The summed E-state index contributed by atoms with van der Waals surface area (Å²) in [6.45, 7) is 11.4. The van der Waals surface area contributed by atoms with E-state index in [1.165, 1.54) is 11.3 Å². The van der Waals surface area contributed by atoms with Crippen molar-refractivity contribution in [3.8, 4) is 16.7 Å². The number of likely N-dealkylation sites (tertiary alicyclic amines) is 1. The molecule has 1 amide bonds. The molecule has 9 heteroatoms. The monoisotopic (exact) mass is 478 g/mol. The largest absolute Gasteiger partial charge is 0.474 e. The minimum Gasteiger partial charge on any atom is -0.474 e. The number of pyridine rings is 1. The summed E-state index contributed by atoms with van der Waals surface area (Å²) in [5.74, 6) is 2.13. The van der Waals surface area contributed by atoms with Crippen LogP contribution in [0.15, 0.2) is 30.6 Å². The van der Waals surface area contributed by atoms with Crippen molar-refractivity contribution in [2.24, 2.45) is 17.6 Å². The van der Waals surface area contributed by atoms with E-state index in [1.54, 1.807) is 18.5 Å². The number of thiazole rings is 1. The van der Waals surface area contributed by atoms with Gasteiger partial charge in [0.15, 0.2) is 10.8 Å². The van der Waals surface area contributed by atoms with Gasteiger partial charge >= 0.3 is 0 Å². The zero-order valence-corrected chi connectivity index (χ0v) is 21.0. The topological polar surface area (TPSA) is 107 Å². The maximum absolute atomic E-state index is 13.2. The molecule has 0 spiro atoms. The van der Waals surface area contributed by atoms with Gasteiger partial charge in [0.25, 0.3) is 5.91 Å². The van der Waals surface area contributed by atoms with Gasteiger partial charge in [-0.15, -0.1) is 11.3 Å². The summed E-state index contributed by atoms with van der Waals surface area (Å²) in [5.41, 5.74) is 8.60. The number of aryl methyl sites for hydroxylation is 1. The van der Waals surface area contributed by atoms with Crippen LogP contribution in [0.5, 0.6) is 5.88 Å². The lowest BCUT2D eigenvalue weighted by Gasteiger charge is -2.23. The van der Waals surface area contributed by atoms with Crippen molar-refractivity contribution in [2.45, 2.75) is 52.2 Å². The Hall–Kier alpha value is -2.91. The number of fused-ring (bicyclic) bond motifs is 1. The van der Waals surface area contributed by atoms with E-state index in [0.717, 1.165) is 17.0 Å². The fourth-order valence-electron chi connectivity index (χ4n) is 4.45. The van der Waals surface area contributed by atoms with Crippen molar-refractivity contribution in [1.82, 2.24) is 24.8 Å². The number of amides is 1. The fourth-order valence-corrected chi connectivity index (χ4v) is 5.43. The zero-order valence-electron chi connectivity index (χ0n) is 20.1. The summed E-state index contributed by atoms with van der Waals surface area (Å²) >= 11 is 1.35.